The zero-order valence-electron chi connectivity index (χ0n) is 18.8. The van der Waals surface area contributed by atoms with Gasteiger partial charge in [-0.15, -0.1) is 0 Å². The number of nitriles is 1. The van der Waals surface area contributed by atoms with Gasteiger partial charge in [-0.25, -0.2) is 4.98 Å². The van der Waals surface area contributed by atoms with Crippen molar-refractivity contribution in [3.8, 4) is 28.5 Å². The van der Waals surface area contributed by atoms with E-state index >= 15 is 0 Å². The Bertz CT molecular complexity index is 1650. The number of nitrogens with two attached hydrogens (primary N) is 1. The number of benzene rings is 2. The van der Waals surface area contributed by atoms with E-state index in [4.69, 9.17) is 5.73 Å². The highest BCUT2D eigenvalue weighted by Gasteiger charge is 2.23. The number of fused-ring (bicyclic) bond motifs is 2. The third-order valence-corrected chi connectivity index (χ3v) is 6.14. The lowest BCUT2D eigenvalue weighted by atomic mass is 9.97. The summed E-state index contributed by atoms with van der Waals surface area (Å²) in [5, 5.41) is 14.4. The fraction of sp³-hybridized carbons (Fsp3) is 0.0741. The van der Waals surface area contributed by atoms with Crippen molar-refractivity contribution in [3.63, 3.8) is 0 Å². The minimum absolute atomic E-state index is 0.272. The first-order chi connectivity index (χ1) is 16.4. The Morgan fingerprint density at radius 2 is 1.88 bits per heavy atom. The number of nitrogens with one attached hydrogen (secondary N) is 1. The fourth-order valence-electron chi connectivity index (χ4n) is 4.55. The molecule has 0 saturated heterocycles. The minimum Gasteiger partial charge on any atom is -0.383 e. The summed E-state index contributed by atoms with van der Waals surface area (Å²) in [6, 6.07) is 18.2. The van der Waals surface area contributed by atoms with Crippen molar-refractivity contribution in [2.45, 2.75) is 0 Å². The van der Waals surface area contributed by atoms with Gasteiger partial charge in [0.2, 0.25) is 5.91 Å². The van der Waals surface area contributed by atoms with E-state index < -0.39 is 0 Å². The molecule has 0 bridgehead atoms. The topological polar surface area (TPSA) is 102 Å². The summed E-state index contributed by atoms with van der Waals surface area (Å²) in [6.07, 6.45) is 4.77. The standard InChI is InChI=1S/C27H22N6O/c1-4-22(34)31-20-8-5-16(6-9-20)25-23(18-7-10-21-17(13-18)11-12-32(21)2)24-26(33(25)3)19(14-28)15-30-27(24)29/h4-13,15H,1H2,2-3H3,(H2,29,30)(H,31,34). The second-order valence-electron chi connectivity index (χ2n) is 8.15. The van der Waals surface area contributed by atoms with Crippen molar-refractivity contribution in [2.24, 2.45) is 14.1 Å². The van der Waals surface area contributed by atoms with Crippen molar-refractivity contribution in [2.75, 3.05) is 11.1 Å². The zero-order valence-corrected chi connectivity index (χ0v) is 18.8. The lowest BCUT2D eigenvalue weighted by Crippen LogP contribution is -2.06. The summed E-state index contributed by atoms with van der Waals surface area (Å²) in [7, 11) is 3.94. The largest absolute Gasteiger partial charge is 0.383 e. The van der Waals surface area contributed by atoms with Crippen molar-refractivity contribution in [1.82, 2.24) is 14.1 Å². The molecule has 3 N–H and O–H groups in total. The molecule has 34 heavy (non-hydrogen) atoms. The van der Waals surface area contributed by atoms with Crippen LogP contribution in [0.5, 0.6) is 0 Å². The average Bonchev–Trinajstić information content (AvgIpc) is 3.37. The minimum atomic E-state index is -0.272. The van der Waals surface area contributed by atoms with Gasteiger partial charge in [0.15, 0.2) is 0 Å². The second-order valence-corrected chi connectivity index (χ2v) is 8.15. The SMILES string of the molecule is C=CC(=O)Nc1ccc(-c2c(-c3ccc4c(ccn4C)c3)c3c(N)ncc(C#N)c3n2C)cc1. The van der Waals surface area contributed by atoms with Crippen LogP contribution in [-0.4, -0.2) is 20.0 Å². The number of aryl methyl sites for hydroxylation is 2. The van der Waals surface area contributed by atoms with Crippen LogP contribution in [0, 0.1) is 11.3 Å². The van der Waals surface area contributed by atoms with Crippen LogP contribution in [0.15, 0.2) is 73.6 Å². The molecule has 0 spiro atoms. The summed E-state index contributed by atoms with van der Waals surface area (Å²) in [5.74, 6) is 0.0978. The van der Waals surface area contributed by atoms with Gasteiger partial charge in [0.05, 0.1) is 22.2 Å². The molecule has 3 aromatic heterocycles. The zero-order chi connectivity index (χ0) is 24.0. The Balaban J connectivity index is 1.81. The smallest absolute Gasteiger partial charge is 0.247 e. The van der Waals surface area contributed by atoms with Gasteiger partial charge in [0.25, 0.3) is 0 Å². The van der Waals surface area contributed by atoms with Crippen LogP contribution in [0.1, 0.15) is 5.56 Å². The normalized spacial score (nSPS) is 11.0. The molecular formula is C27H22N6O. The van der Waals surface area contributed by atoms with Crippen LogP contribution in [0.25, 0.3) is 44.2 Å². The summed E-state index contributed by atoms with van der Waals surface area (Å²) in [4.78, 5) is 16.0. The highest BCUT2D eigenvalue weighted by atomic mass is 16.1. The maximum Gasteiger partial charge on any atom is 0.247 e. The lowest BCUT2D eigenvalue weighted by Gasteiger charge is -2.11. The number of hydrogen-bond acceptors (Lipinski definition) is 4. The third kappa shape index (κ3) is 3.21. The molecule has 0 aliphatic rings. The second kappa shape index (κ2) is 7.94. The van der Waals surface area contributed by atoms with E-state index in [1.807, 2.05) is 49.1 Å². The number of carbonyl (C=O) groups is 1. The summed E-state index contributed by atoms with van der Waals surface area (Å²) >= 11 is 0. The number of rotatable bonds is 4. The number of aromatic nitrogens is 3. The molecule has 2 aromatic carbocycles. The highest BCUT2D eigenvalue weighted by molar-refractivity contribution is 6.11. The van der Waals surface area contributed by atoms with E-state index in [9.17, 15) is 10.1 Å². The maximum absolute atomic E-state index is 11.7. The number of nitrogen functional groups attached to an aromatic ring is 1. The summed E-state index contributed by atoms with van der Waals surface area (Å²) in [5.41, 5.74) is 13.1. The quantitative estimate of drug-likeness (QED) is 0.380. The third-order valence-electron chi connectivity index (χ3n) is 6.14. The molecule has 3 heterocycles. The predicted molar refractivity (Wildman–Crippen MR) is 136 cm³/mol. The molecule has 0 aliphatic heterocycles. The van der Waals surface area contributed by atoms with Gasteiger partial charge in [-0.3, -0.25) is 4.79 Å². The molecule has 5 rings (SSSR count). The van der Waals surface area contributed by atoms with Crippen molar-refractivity contribution in [3.05, 3.63) is 79.1 Å². The van der Waals surface area contributed by atoms with Gasteiger partial charge < -0.3 is 20.2 Å². The molecule has 0 saturated carbocycles. The van der Waals surface area contributed by atoms with Crippen LogP contribution in [0.4, 0.5) is 11.5 Å². The molecule has 0 atom stereocenters. The van der Waals surface area contributed by atoms with Gasteiger partial charge in [-0.1, -0.05) is 24.8 Å². The molecule has 0 aliphatic carbocycles. The molecule has 166 valence electrons. The molecule has 0 radical (unpaired) electrons. The maximum atomic E-state index is 11.7. The number of anilines is 2. The van der Waals surface area contributed by atoms with Crippen LogP contribution >= 0.6 is 0 Å². The Kier molecular flexibility index (Phi) is 4.91. The van der Waals surface area contributed by atoms with Gasteiger partial charge in [0, 0.05) is 48.6 Å². The van der Waals surface area contributed by atoms with Gasteiger partial charge in [-0.05, 0) is 47.5 Å². The van der Waals surface area contributed by atoms with Crippen molar-refractivity contribution < 1.29 is 4.79 Å². The van der Waals surface area contributed by atoms with Crippen molar-refractivity contribution in [1.29, 1.82) is 5.26 Å². The first-order valence-corrected chi connectivity index (χ1v) is 10.7. The number of hydrogen-bond donors (Lipinski definition) is 2. The first-order valence-electron chi connectivity index (χ1n) is 10.7. The first kappa shape index (κ1) is 21.0. The molecule has 5 aromatic rings. The Hall–Kier alpha value is -4.83. The summed E-state index contributed by atoms with van der Waals surface area (Å²) in [6.45, 7) is 3.49. The van der Waals surface area contributed by atoms with Crippen LogP contribution < -0.4 is 11.1 Å². The van der Waals surface area contributed by atoms with Gasteiger partial charge in [-0.2, -0.15) is 5.26 Å². The van der Waals surface area contributed by atoms with Gasteiger partial charge >= 0.3 is 0 Å². The fourth-order valence-corrected chi connectivity index (χ4v) is 4.55. The van der Waals surface area contributed by atoms with E-state index in [1.165, 1.54) is 12.3 Å². The number of nitrogens with zero attached hydrogens (tertiary/aromatic N) is 4. The highest BCUT2D eigenvalue weighted by Crippen LogP contribution is 2.44. The lowest BCUT2D eigenvalue weighted by molar-refractivity contribution is -0.111. The number of carbonyl (C=O) groups excluding carboxylic acids is 1. The van der Waals surface area contributed by atoms with E-state index in [1.54, 1.807) is 0 Å². The Morgan fingerprint density at radius 1 is 1.15 bits per heavy atom. The van der Waals surface area contributed by atoms with Gasteiger partial charge in [0.1, 0.15) is 11.9 Å². The molecule has 0 fully saturated rings. The summed E-state index contributed by atoms with van der Waals surface area (Å²) < 4.78 is 4.07. The molecule has 7 nitrogen and oxygen atoms in total. The van der Waals surface area contributed by atoms with E-state index in [2.05, 4.69) is 51.8 Å². The van der Waals surface area contributed by atoms with E-state index in [-0.39, 0.29) is 5.91 Å². The Labute approximate surface area is 196 Å². The molecular weight excluding hydrogens is 424 g/mol. The molecule has 1 amide bonds. The van der Waals surface area contributed by atoms with Crippen LogP contribution in [-0.2, 0) is 18.9 Å². The number of pyridine rings is 1. The van der Waals surface area contributed by atoms with Crippen molar-refractivity contribution >= 4 is 39.2 Å². The van der Waals surface area contributed by atoms with E-state index in [0.717, 1.165) is 44.2 Å². The average molecular weight is 447 g/mol. The monoisotopic (exact) mass is 446 g/mol. The Morgan fingerprint density at radius 3 is 2.59 bits per heavy atom. The van der Waals surface area contributed by atoms with E-state index in [0.29, 0.717) is 17.1 Å². The van der Waals surface area contributed by atoms with Crippen LogP contribution in [0.2, 0.25) is 0 Å². The molecule has 7 heteroatoms. The predicted octanol–water partition coefficient (Wildman–Crippen LogP) is 4.98. The molecule has 0 unspecified atom stereocenters. The number of amides is 1. The van der Waals surface area contributed by atoms with Crippen LogP contribution in [0.3, 0.4) is 0 Å².